The molecule has 0 aliphatic heterocycles. The van der Waals surface area contributed by atoms with E-state index in [1.165, 1.54) is 5.56 Å². The Kier molecular flexibility index (Phi) is 4.25. The van der Waals surface area contributed by atoms with Crippen molar-refractivity contribution in [1.29, 1.82) is 0 Å². The molecule has 0 saturated carbocycles. The van der Waals surface area contributed by atoms with Gasteiger partial charge in [-0.15, -0.1) is 0 Å². The van der Waals surface area contributed by atoms with Gasteiger partial charge < -0.3 is 5.73 Å². The Bertz CT molecular complexity index is 484. The van der Waals surface area contributed by atoms with Crippen LogP contribution in [0, 0.1) is 0 Å². The number of nitrogen functional groups attached to an aromatic ring is 1. The second kappa shape index (κ2) is 6.12. The van der Waals surface area contributed by atoms with Crippen LogP contribution in [0.25, 0.3) is 0 Å². The molecule has 0 fully saturated rings. The smallest absolute Gasteiger partial charge is 0.0564 e. The summed E-state index contributed by atoms with van der Waals surface area (Å²) < 4.78 is 0. The molecule has 0 spiro atoms. The highest BCUT2D eigenvalue weighted by Gasteiger charge is 2.06. The Balaban J connectivity index is 2.01. The van der Waals surface area contributed by atoms with Gasteiger partial charge in [0.15, 0.2) is 0 Å². The summed E-state index contributed by atoms with van der Waals surface area (Å²) in [6, 6.07) is 7.81. The number of rotatable bonds is 5. The van der Waals surface area contributed by atoms with Gasteiger partial charge in [-0.05, 0) is 36.4 Å². The second-order valence-electron chi connectivity index (χ2n) is 4.24. The van der Waals surface area contributed by atoms with Crippen LogP contribution in [0.5, 0.6) is 0 Å². The maximum absolute atomic E-state index is 5.76. The van der Waals surface area contributed by atoms with Crippen LogP contribution in [-0.2, 0) is 13.1 Å². The molecule has 0 radical (unpaired) electrons. The lowest BCUT2D eigenvalue weighted by Gasteiger charge is -2.20. The van der Waals surface area contributed by atoms with E-state index >= 15 is 0 Å². The van der Waals surface area contributed by atoms with Crippen LogP contribution in [-0.4, -0.2) is 21.4 Å². The summed E-state index contributed by atoms with van der Waals surface area (Å²) in [5.74, 6) is 0. The van der Waals surface area contributed by atoms with Crippen LogP contribution in [0.15, 0.2) is 42.9 Å². The van der Waals surface area contributed by atoms with Crippen molar-refractivity contribution in [3.63, 3.8) is 0 Å². The topological polar surface area (TPSA) is 55.0 Å². The van der Waals surface area contributed by atoms with Crippen molar-refractivity contribution in [2.75, 3.05) is 12.3 Å². The van der Waals surface area contributed by atoms with Crippen LogP contribution in [0.3, 0.4) is 0 Å². The van der Waals surface area contributed by atoms with Crippen LogP contribution in [0.4, 0.5) is 5.69 Å². The fourth-order valence-electron chi connectivity index (χ4n) is 1.84. The Morgan fingerprint density at radius 3 is 2.56 bits per heavy atom. The average molecular weight is 242 g/mol. The molecule has 0 aliphatic rings. The molecule has 0 bridgehead atoms. The second-order valence-corrected chi connectivity index (χ2v) is 4.24. The summed E-state index contributed by atoms with van der Waals surface area (Å²) in [4.78, 5) is 10.7. The molecule has 0 unspecified atom stereocenters. The van der Waals surface area contributed by atoms with E-state index in [0.717, 1.165) is 31.0 Å². The third-order valence-corrected chi connectivity index (χ3v) is 2.83. The van der Waals surface area contributed by atoms with Gasteiger partial charge in [0, 0.05) is 37.4 Å². The van der Waals surface area contributed by atoms with E-state index in [4.69, 9.17) is 5.73 Å². The van der Waals surface area contributed by atoms with Gasteiger partial charge in [0.1, 0.15) is 0 Å². The van der Waals surface area contributed by atoms with Gasteiger partial charge in [-0.25, -0.2) is 0 Å². The van der Waals surface area contributed by atoms with Crippen molar-refractivity contribution in [1.82, 2.24) is 14.9 Å². The lowest BCUT2D eigenvalue weighted by molar-refractivity contribution is 0.268. The number of hydrogen-bond donors (Lipinski definition) is 1. The van der Waals surface area contributed by atoms with E-state index in [9.17, 15) is 0 Å². The van der Waals surface area contributed by atoms with E-state index in [1.807, 2.05) is 36.7 Å². The van der Waals surface area contributed by atoms with E-state index in [-0.39, 0.29) is 0 Å². The third-order valence-electron chi connectivity index (χ3n) is 2.83. The van der Waals surface area contributed by atoms with Crippen LogP contribution >= 0.6 is 0 Å². The van der Waals surface area contributed by atoms with Crippen molar-refractivity contribution in [2.45, 2.75) is 20.0 Å². The van der Waals surface area contributed by atoms with Crippen molar-refractivity contribution in [3.05, 3.63) is 54.1 Å². The first-order valence-electron chi connectivity index (χ1n) is 6.09. The molecule has 0 amide bonds. The Morgan fingerprint density at radius 1 is 1.11 bits per heavy atom. The number of anilines is 1. The van der Waals surface area contributed by atoms with Gasteiger partial charge >= 0.3 is 0 Å². The van der Waals surface area contributed by atoms with Crippen molar-refractivity contribution < 1.29 is 0 Å². The van der Waals surface area contributed by atoms with Crippen molar-refractivity contribution >= 4 is 5.69 Å². The van der Waals surface area contributed by atoms with E-state index in [2.05, 4.69) is 21.8 Å². The first-order chi connectivity index (χ1) is 8.78. The number of pyridine rings is 2. The molecule has 4 heteroatoms. The zero-order valence-corrected chi connectivity index (χ0v) is 10.6. The first kappa shape index (κ1) is 12.5. The molecule has 0 aliphatic carbocycles. The predicted molar refractivity (Wildman–Crippen MR) is 72.7 cm³/mol. The molecule has 2 aromatic heterocycles. The van der Waals surface area contributed by atoms with Gasteiger partial charge in [-0.3, -0.25) is 14.9 Å². The van der Waals surface area contributed by atoms with E-state index < -0.39 is 0 Å². The third kappa shape index (κ3) is 3.53. The standard InChI is InChI=1S/C14H18N4/c1-2-18(10-12-3-6-16-7-4-12)11-14-9-13(15)5-8-17-14/h3-9H,2,10-11H2,1H3,(H2,15,17). The molecular weight excluding hydrogens is 224 g/mol. The maximum Gasteiger partial charge on any atom is 0.0564 e. The summed E-state index contributed by atoms with van der Waals surface area (Å²) in [5, 5.41) is 0. The fourth-order valence-corrected chi connectivity index (χ4v) is 1.84. The van der Waals surface area contributed by atoms with Crippen LogP contribution < -0.4 is 5.73 Å². The molecule has 2 heterocycles. The summed E-state index contributed by atoms with van der Waals surface area (Å²) >= 11 is 0. The average Bonchev–Trinajstić information content (AvgIpc) is 2.39. The quantitative estimate of drug-likeness (QED) is 0.872. The van der Waals surface area contributed by atoms with Gasteiger partial charge in [0.05, 0.1) is 5.69 Å². The predicted octanol–water partition coefficient (Wildman–Crippen LogP) is 2.08. The first-order valence-corrected chi connectivity index (χ1v) is 6.09. The maximum atomic E-state index is 5.76. The molecule has 0 saturated heterocycles. The SMILES string of the molecule is CCN(Cc1ccncc1)Cc1cc(N)ccn1. The fraction of sp³-hybridized carbons (Fsp3) is 0.286. The highest BCUT2D eigenvalue weighted by Crippen LogP contribution is 2.09. The minimum atomic E-state index is 0.764. The number of nitrogens with two attached hydrogens (primary N) is 1. The molecule has 2 N–H and O–H groups in total. The van der Waals surface area contributed by atoms with Crippen molar-refractivity contribution in [3.8, 4) is 0 Å². The summed E-state index contributed by atoms with van der Waals surface area (Å²) in [6.45, 7) is 4.83. The Hall–Kier alpha value is -1.94. The summed E-state index contributed by atoms with van der Waals surface area (Å²) in [5.41, 5.74) is 8.79. The molecule has 94 valence electrons. The van der Waals surface area contributed by atoms with Gasteiger partial charge in [-0.2, -0.15) is 0 Å². The molecule has 0 aromatic carbocycles. The zero-order chi connectivity index (χ0) is 12.8. The summed E-state index contributed by atoms with van der Waals surface area (Å²) in [6.07, 6.45) is 5.40. The Morgan fingerprint density at radius 2 is 1.89 bits per heavy atom. The van der Waals surface area contributed by atoms with Gasteiger partial charge in [0.2, 0.25) is 0 Å². The number of hydrogen-bond acceptors (Lipinski definition) is 4. The zero-order valence-electron chi connectivity index (χ0n) is 10.6. The lowest BCUT2D eigenvalue weighted by Crippen LogP contribution is -2.22. The highest BCUT2D eigenvalue weighted by molar-refractivity contribution is 5.37. The molecule has 2 rings (SSSR count). The molecule has 4 nitrogen and oxygen atoms in total. The normalized spacial score (nSPS) is 10.8. The van der Waals surface area contributed by atoms with Crippen LogP contribution in [0.1, 0.15) is 18.2 Å². The molecule has 2 aromatic rings. The lowest BCUT2D eigenvalue weighted by atomic mass is 10.2. The monoisotopic (exact) mass is 242 g/mol. The number of aromatic nitrogens is 2. The van der Waals surface area contributed by atoms with Crippen LogP contribution in [0.2, 0.25) is 0 Å². The highest BCUT2D eigenvalue weighted by atomic mass is 15.1. The van der Waals surface area contributed by atoms with Gasteiger partial charge in [0.25, 0.3) is 0 Å². The van der Waals surface area contributed by atoms with E-state index in [0.29, 0.717) is 0 Å². The minimum absolute atomic E-state index is 0.764. The Labute approximate surface area is 107 Å². The molecule has 0 atom stereocenters. The largest absolute Gasteiger partial charge is 0.399 e. The molecular formula is C14H18N4. The van der Waals surface area contributed by atoms with Gasteiger partial charge in [-0.1, -0.05) is 6.92 Å². The number of nitrogens with zero attached hydrogens (tertiary/aromatic N) is 3. The molecule has 18 heavy (non-hydrogen) atoms. The van der Waals surface area contributed by atoms with E-state index in [1.54, 1.807) is 6.20 Å². The minimum Gasteiger partial charge on any atom is -0.399 e. The summed E-state index contributed by atoms with van der Waals surface area (Å²) in [7, 11) is 0. The van der Waals surface area contributed by atoms with Crippen molar-refractivity contribution in [2.24, 2.45) is 0 Å².